The number of nitrogens with zero attached hydrogens (tertiary/aromatic N) is 5. The summed E-state index contributed by atoms with van der Waals surface area (Å²) in [7, 11) is 1.89. The van der Waals surface area contributed by atoms with Crippen molar-refractivity contribution in [2.45, 2.75) is 38.6 Å². The summed E-state index contributed by atoms with van der Waals surface area (Å²) in [4.78, 5) is 15.6. The van der Waals surface area contributed by atoms with E-state index in [1.165, 1.54) is 0 Å². The molecule has 1 aliphatic rings. The Hall–Kier alpha value is -2.38. The molecule has 0 spiro atoms. The Morgan fingerprint density at radius 1 is 1.38 bits per heavy atom. The molecule has 0 saturated carbocycles. The van der Waals surface area contributed by atoms with Crippen LogP contribution in [0.4, 0.5) is 5.95 Å². The number of carboxylic acids is 1. The molecule has 3 heterocycles. The maximum Gasteiger partial charge on any atom is 0.314 e. The van der Waals surface area contributed by atoms with Gasteiger partial charge in [0, 0.05) is 24.2 Å². The Bertz CT molecular complexity index is 717. The first-order chi connectivity index (χ1) is 9.88. The van der Waals surface area contributed by atoms with Crippen LogP contribution in [0, 0.1) is 13.8 Å². The number of hydrogen-bond donors (Lipinski definition) is 2. The number of aliphatic carboxylic acids is 1. The van der Waals surface area contributed by atoms with Gasteiger partial charge >= 0.3 is 5.97 Å². The lowest BCUT2D eigenvalue weighted by molar-refractivity contribution is -0.139. The van der Waals surface area contributed by atoms with Crippen LogP contribution in [0.15, 0.2) is 0 Å². The van der Waals surface area contributed by atoms with Gasteiger partial charge in [0.1, 0.15) is 11.7 Å². The standard InChI is InChI=1S/C13H18N6O2/c1-6-10(7(2)18(3)16-6)8-4-9(12(20)21)11-15-13(14)17-19(11)5-8/h8-9H,4-5H2,1-3H3,(H2,14,17)(H,20,21). The van der Waals surface area contributed by atoms with Crippen molar-refractivity contribution in [3.05, 3.63) is 22.8 Å². The van der Waals surface area contributed by atoms with Gasteiger partial charge in [-0.05, 0) is 20.3 Å². The monoisotopic (exact) mass is 290 g/mol. The fraction of sp³-hybridized carbons (Fsp3) is 0.538. The Labute approximate surface area is 121 Å². The van der Waals surface area contributed by atoms with E-state index in [4.69, 9.17) is 5.73 Å². The van der Waals surface area contributed by atoms with Gasteiger partial charge in [0.15, 0.2) is 0 Å². The zero-order valence-electron chi connectivity index (χ0n) is 12.2. The summed E-state index contributed by atoms with van der Waals surface area (Å²) < 4.78 is 3.44. The van der Waals surface area contributed by atoms with E-state index < -0.39 is 11.9 Å². The van der Waals surface area contributed by atoms with Gasteiger partial charge in [0.25, 0.3) is 0 Å². The lowest BCUT2D eigenvalue weighted by Crippen LogP contribution is -2.28. The third-order valence-corrected chi connectivity index (χ3v) is 4.21. The number of aromatic nitrogens is 5. The van der Waals surface area contributed by atoms with Gasteiger partial charge in [-0.3, -0.25) is 9.48 Å². The molecule has 3 rings (SSSR count). The highest BCUT2D eigenvalue weighted by Crippen LogP contribution is 2.38. The molecule has 3 N–H and O–H groups in total. The second-order valence-electron chi connectivity index (χ2n) is 5.54. The molecule has 0 amide bonds. The summed E-state index contributed by atoms with van der Waals surface area (Å²) in [6.45, 7) is 4.52. The zero-order chi connectivity index (χ0) is 15.3. The molecule has 2 aromatic heterocycles. The number of nitrogen functional groups attached to an aromatic ring is 1. The minimum absolute atomic E-state index is 0.0494. The molecular weight excluding hydrogens is 272 g/mol. The van der Waals surface area contributed by atoms with E-state index in [2.05, 4.69) is 15.2 Å². The normalized spacial score (nSPS) is 21.3. The van der Waals surface area contributed by atoms with Crippen molar-refractivity contribution in [1.29, 1.82) is 0 Å². The number of carboxylic acid groups (broad SMARTS) is 1. The summed E-state index contributed by atoms with van der Waals surface area (Å²) in [6, 6.07) is 0. The topological polar surface area (TPSA) is 112 Å². The van der Waals surface area contributed by atoms with Crippen LogP contribution >= 0.6 is 0 Å². The molecule has 0 aliphatic carbocycles. The smallest absolute Gasteiger partial charge is 0.314 e. The molecule has 1 aliphatic heterocycles. The molecule has 0 radical (unpaired) electrons. The molecular formula is C13H18N6O2. The van der Waals surface area contributed by atoms with E-state index in [-0.39, 0.29) is 11.9 Å². The molecule has 0 fully saturated rings. The molecule has 0 bridgehead atoms. The quantitative estimate of drug-likeness (QED) is 0.836. The minimum atomic E-state index is -0.896. The number of hydrogen-bond acceptors (Lipinski definition) is 5. The third kappa shape index (κ3) is 2.07. The summed E-state index contributed by atoms with van der Waals surface area (Å²) in [5.74, 6) is -0.972. The van der Waals surface area contributed by atoms with Crippen LogP contribution in [0.1, 0.15) is 41.0 Å². The van der Waals surface area contributed by atoms with Crippen LogP contribution in [0.3, 0.4) is 0 Å². The van der Waals surface area contributed by atoms with E-state index in [9.17, 15) is 9.90 Å². The molecule has 2 atom stereocenters. The van der Waals surface area contributed by atoms with Crippen LogP contribution in [0.25, 0.3) is 0 Å². The van der Waals surface area contributed by atoms with Gasteiger partial charge in [-0.25, -0.2) is 4.68 Å². The van der Waals surface area contributed by atoms with E-state index in [0.29, 0.717) is 18.8 Å². The average Bonchev–Trinajstić information content (AvgIpc) is 2.88. The first-order valence-electron chi connectivity index (χ1n) is 6.81. The van der Waals surface area contributed by atoms with E-state index in [0.717, 1.165) is 17.0 Å². The minimum Gasteiger partial charge on any atom is -0.481 e. The Morgan fingerprint density at radius 3 is 2.67 bits per heavy atom. The van der Waals surface area contributed by atoms with E-state index in [1.54, 1.807) is 4.68 Å². The number of carbonyl (C=O) groups is 1. The highest BCUT2D eigenvalue weighted by Gasteiger charge is 2.37. The Morgan fingerprint density at radius 2 is 2.10 bits per heavy atom. The summed E-state index contributed by atoms with van der Waals surface area (Å²) in [5.41, 5.74) is 8.70. The molecule has 2 unspecified atom stereocenters. The van der Waals surface area contributed by atoms with Crippen LogP contribution in [-0.4, -0.2) is 35.6 Å². The molecule has 2 aromatic rings. The lowest BCUT2D eigenvalue weighted by atomic mass is 9.84. The second kappa shape index (κ2) is 4.57. The lowest BCUT2D eigenvalue weighted by Gasteiger charge is -2.27. The number of rotatable bonds is 2. The number of aryl methyl sites for hydroxylation is 2. The third-order valence-electron chi connectivity index (χ3n) is 4.21. The molecule has 21 heavy (non-hydrogen) atoms. The van der Waals surface area contributed by atoms with Crippen molar-refractivity contribution in [2.24, 2.45) is 7.05 Å². The van der Waals surface area contributed by atoms with Crippen LogP contribution in [0.2, 0.25) is 0 Å². The van der Waals surface area contributed by atoms with Gasteiger partial charge < -0.3 is 10.8 Å². The summed E-state index contributed by atoms with van der Waals surface area (Å²) in [5, 5.41) is 18.0. The fourth-order valence-electron chi connectivity index (χ4n) is 3.24. The van der Waals surface area contributed by atoms with E-state index >= 15 is 0 Å². The highest BCUT2D eigenvalue weighted by molar-refractivity contribution is 5.75. The maximum atomic E-state index is 11.5. The maximum absolute atomic E-state index is 11.5. The van der Waals surface area contributed by atoms with Crippen molar-refractivity contribution in [1.82, 2.24) is 24.5 Å². The molecule has 8 nitrogen and oxygen atoms in total. The van der Waals surface area contributed by atoms with Crippen LogP contribution in [0.5, 0.6) is 0 Å². The van der Waals surface area contributed by atoms with Gasteiger partial charge in [0.05, 0.1) is 12.2 Å². The molecule has 8 heteroatoms. The SMILES string of the molecule is Cc1nn(C)c(C)c1C1CC(C(=O)O)c2nc(N)nn2C1. The van der Waals surface area contributed by atoms with Gasteiger partial charge in [-0.1, -0.05) is 0 Å². The van der Waals surface area contributed by atoms with E-state index in [1.807, 2.05) is 25.6 Å². The van der Waals surface area contributed by atoms with Crippen LogP contribution < -0.4 is 5.73 Å². The van der Waals surface area contributed by atoms with Crippen molar-refractivity contribution in [3.8, 4) is 0 Å². The highest BCUT2D eigenvalue weighted by atomic mass is 16.4. The van der Waals surface area contributed by atoms with Crippen molar-refractivity contribution in [2.75, 3.05) is 5.73 Å². The molecule has 112 valence electrons. The summed E-state index contributed by atoms with van der Waals surface area (Å²) in [6.07, 6.45) is 0.487. The first-order valence-corrected chi connectivity index (χ1v) is 6.81. The number of nitrogens with two attached hydrogens (primary N) is 1. The van der Waals surface area contributed by atoms with Gasteiger partial charge in [-0.2, -0.15) is 10.1 Å². The molecule has 0 saturated heterocycles. The van der Waals surface area contributed by atoms with Crippen molar-refractivity contribution < 1.29 is 9.90 Å². The zero-order valence-corrected chi connectivity index (χ0v) is 12.2. The fourth-order valence-corrected chi connectivity index (χ4v) is 3.24. The van der Waals surface area contributed by atoms with Gasteiger partial charge in [-0.15, -0.1) is 5.10 Å². The second-order valence-corrected chi connectivity index (χ2v) is 5.54. The molecule has 0 aromatic carbocycles. The largest absolute Gasteiger partial charge is 0.481 e. The van der Waals surface area contributed by atoms with Crippen molar-refractivity contribution >= 4 is 11.9 Å². The van der Waals surface area contributed by atoms with Crippen molar-refractivity contribution in [3.63, 3.8) is 0 Å². The number of anilines is 1. The predicted molar refractivity (Wildman–Crippen MR) is 74.9 cm³/mol. The average molecular weight is 290 g/mol. The number of fused-ring (bicyclic) bond motifs is 1. The summed E-state index contributed by atoms with van der Waals surface area (Å²) >= 11 is 0. The predicted octanol–water partition coefficient (Wildman–Crippen LogP) is 0.566. The van der Waals surface area contributed by atoms with Gasteiger partial charge in [0.2, 0.25) is 5.95 Å². The Balaban J connectivity index is 2.05. The van der Waals surface area contributed by atoms with Crippen LogP contribution in [-0.2, 0) is 18.4 Å². The first kappa shape index (κ1) is 13.6. The Kier molecular flexibility index (Phi) is 2.96.